The van der Waals surface area contributed by atoms with Crippen LogP contribution in [0.1, 0.15) is 6.42 Å². The highest BCUT2D eigenvalue weighted by molar-refractivity contribution is 5.78. The second-order valence-electron chi connectivity index (χ2n) is 4.40. The molecular formula is C14H19NO3. The molecule has 0 spiro atoms. The molecule has 98 valence electrons. The molecule has 2 aliphatic rings. The predicted octanol–water partition coefficient (Wildman–Crippen LogP) is 1.30. The van der Waals surface area contributed by atoms with E-state index in [1.54, 1.807) is 7.11 Å². The van der Waals surface area contributed by atoms with Gasteiger partial charge in [0.2, 0.25) is 0 Å². The van der Waals surface area contributed by atoms with Crippen LogP contribution in [0.15, 0.2) is 35.1 Å². The minimum absolute atomic E-state index is 0.678. The van der Waals surface area contributed by atoms with Crippen LogP contribution >= 0.6 is 0 Å². The number of methoxy groups -OCH3 is 1. The molecule has 1 saturated heterocycles. The highest BCUT2D eigenvalue weighted by Gasteiger charge is 2.15. The fraction of sp³-hybridized carbons (Fsp3) is 0.500. The quantitative estimate of drug-likeness (QED) is 0.704. The van der Waals surface area contributed by atoms with Gasteiger partial charge in [-0.1, -0.05) is 18.2 Å². The summed E-state index contributed by atoms with van der Waals surface area (Å²) < 4.78 is 10.8. The number of nitrogens with zero attached hydrogens (tertiary/aromatic N) is 1. The number of rotatable bonds is 4. The Morgan fingerprint density at radius 2 is 2.17 bits per heavy atom. The van der Waals surface area contributed by atoms with Gasteiger partial charge in [0.1, 0.15) is 12.0 Å². The third-order valence-electron chi connectivity index (χ3n) is 3.24. The standard InChI is InChI=1S/C14H19NO3/c1-17-14-5-3-12(11-16)2-4-13(14)10-15-6-8-18-9-7-15/h2-4,11H,5-10H2,1H3. The van der Waals surface area contributed by atoms with E-state index >= 15 is 0 Å². The van der Waals surface area contributed by atoms with Gasteiger partial charge in [-0.15, -0.1) is 0 Å². The molecule has 0 saturated carbocycles. The Morgan fingerprint density at radius 3 is 2.83 bits per heavy atom. The second-order valence-corrected chi connectivity index (χ2v) is 4.40. The van der Waals surface area contributed by atoms with Crippen LogP contribution in [0.3, 0.4) is 0 Å². The summed E-state index contributed by atoms with van der Waals surface area (Å²) in [5.74, 6) is 0.939. The summed E-state index contributed by atoms with van der Waals surface area (Å²) >= 11 is 0. The van der Waals surface area contributed by atoms with E-state index in [2.05, 4.69) is 4.90 Å². The Morgan fingerprint density at radius 1 is 1.39 bits per heavy atom. The first kappa shape index (κ1) is 13.1. The van der Waals surface area contributed by atoms with Crippen molar-refractivity contribution in [2.24, 2.45) is 0 Å². The third-order valence-corrected chi connectivity index (χ3v) is 3.24. The van der Waals surface area contributed by atoms with Crippen molar-refractivity contribution < 1.29 is 14.3 Å². The van der Waals surface area contributed by atoms with E-state index in [-0.39, 0.29) is 0 Å². The molecule has 1 aliphatic carbocycles. The van der Waals surface area contributed by atoms with Crippen molar-refractivity contribution in [3.05, 3.63) is 35.1 Å². The van der Waals surface area contributed by atoms with Crippen molar-refractivity contribution in [2.45, 2.75) is 6.42 Å². The molecule has 4 nitrogen and oxygen atoms in total. The number of aldehydes is 1. The lowest BCUT2D eigenvalue weighted by molar-refractivity contribution is -0.104. The summed E-state index contributed by atoms with van der Waals surface area (Å²) in [5, 5.41) is 0. The number of hydrogen-bond acceptors (Lipinski definition) is 4. The maximum Gasteiger partial charge on any atom is 0.149 e. The summed E-state index contributed by atoms with van der Waals surface area (Å²) in [4.78, 5) is 13.1. The van der Waals surface area contributed by atoms with Crippen molar-refractivity contribution in [3.8, 4) is 0 Å². The van der Waals surface area contributed by atoms with Crippen LogP contribution in [0.4, 0.5) is 0 Å². The molecule has 0 amide bonds. The van der Waals surface area contributed by atoms with E-state index in [0.717, 1.165) is 50.5 Å². The van der Waals surface area contributed by atoms with Gasteiger partial charge in [0.05, 0.1) is 20.3 Å². The fourth-order valence-electron chi connectivity index (χ4n) is 2.14. The van der Waals surface area contributed by atoms with Crippen LogP contribution in [0.25, 0.3) is 0 Å². The van der Waals surface area contributed by atoms with E-state index in [1.807, 2.05) is 18.2 Å². The Bertz CT molecular complexity index is 390. The van der Waals surface area contributed by atoms with Gasteiger partial charge in [0.25, 0.3) is 0 Å². The van der Waals surface area contributed by atoms with Crippen molar-refractivity contribution in [1.82, 2.24) is 4.90 Å². The maximum absolute atomic E-state index is 10.8. The SMILES string of the molecule is COC1=C(CN2CCOCC2)C=CC(C=O)=CC1. The van der Waals surface area contributed by atoms with E-state index < -0.39 is 0 Å². The molecule has 4 heteroatoms. The molecule has 1 heterocycles. The molecule has 18 heavy (non-hydrogen) atoms. The average Bonchev–Trinajstić information content (AvgIpc) is 2.62. The Hall–Kier alpha value is -1.39. The Balaban J connectivity index is 2.07. The number of carbonyl (C=O) groups excluding carboxylic acids is 1. The lowest BCUT2D eigenvalue weighted by Gasteiger charge is -2.27. The van der Waals surface area contributed by atoms with E-state index in [0.29, 0.717) is 12.0 Å². The zero-order valence-electron chi connectivity index (χ0n) is 10.7. The lowest BCUT2D eigenvalue weighted by Crippen LogP contribution is -2.37. The molecule has 1 fully saturated rings. The topological polar surface area (TPSA) is 38.8 Å². The minimum atomic E-state index is 0.678. The normalized spacial score (nSPS) is 21.5. The summed E-state index contributed by atoms with van der Waals surface area (Å²) in [5.41, 5.74) is 1.86. The van der Waals surface area contributed by atoms with Crippen molar-refractivity contribution >= 4 is 6.29 Å². The summed E-state index contributed by atoms with van der Waals surface area (Å²) in [6, 6.07) is 0. The first-order valence-corrected chi connectivity index (χ1v) is 6.23. The minimum Gasteiger partial charge on any atom is -0.500 e. The first-order chi connectivity index (χ1) is 8.83. The van der Waals surface area contributed by atoms with E-state index in [9.17, 15) is 4.79 Å². The zero-order chi connectivity index (χ0) is 12.8. The largest absolute Gasteiger partial charge is 0.500 e. The molecule has 0 aromatic carbocycles. The number of morpholine rings is 1. The summed E-state index contributed by atoms with van der Waals surface area (Å²) in [6.07, 6.45) is 7.30. The Labute approximate surface area is 108 Å². The van der Waals surface area contributed by atoms with Crippen molar-refractivity contribution in [3.63, 3.8) is 0 Å². The molecular weight excluding hydrogens is 230 g/mol. The number of carbonyl (C=O) groups is 1. The van der Waals surface area contributed by atoms with Crippen LogP contribution in [0, 0.1) is 0 Å². The van der Waals surface area contributed by atoms with Crippen LogP contribution in [-0.2, 0) is 14.3 Å². The number of hydrogen-bond donors (Lipinski definition) is 0. The smallest absolute Gasteiger partial charge is 0.149 e. The van der Waals surface area contributed by atoms with Gasteiger partial charge in [-0.25, -0.2) is 0 Å². The van der Waals surface area contributed by atoms with Gasteiger partial charge in [-0.3, -0.25) is 9.69 Å². The third kappa shape index (κ3) is 3.31. The molecule has 0 N–H and O–H groups in total. The van der Waals surface area contributed by atoms with Gasteiger partial charge in [0.15, 0.2) is 0 Å². The van der Waals surface area contributed by atoms with Crippen LogP contribution < -0.4 is 0 Å². The predicted molar refractivity (Wildman–Crippen MR) is 69.2 cm³/mol. The number of allylic oxidation sites excluding steroid dienone is 3. The monoisotopic (exact) mass is 249 g/mol. The second kappa shape index (κ2) is 6.52. The van der Waals surface area contributed by atoms with Gasteiger partial charge >= 0.3 is 0 Å². The van der Waals surface area contributed by atoms with Gasteiger partial charge in [0, 0.05) is 37.2 Å². The van der Waals surface area contributed by atoms with Crippen LogP contribution in [-0.4, -0.2) is 51.1 Å². The summed E-state index contributed by atoms with van der Waals surface area (Å²) in [6.45, 7) is 4.32. The molecule has 1 aliphatic heterocycles. The molecule has 2 rings (SSSR count). The van der Waals surface area contributed by atoms with Gasteiger partial charge in [-0.05, 0) is 0 Å². The van der Waals surface area contributed by atoms with Crippen molar-refractivity contribution in [1.29, 1.82) is 0 Å². The molecule has 0 atom stereocenters. The van der Waals surface area contributed by atoms with Crippen molar-refractivity contribution in [2.75, 3.05) is 40.0 Å². The molecule has 0 radical (unpaired) electrons. The van der Waals surface area contributed by atoms with Crippen LogP contribution in [0.2, 0.25) is 0 Å². The van der Waals surface area contributed by atoms with E-state index in [1.165, 1.54) is 0 Å². The first-order valence-electron chi connectivity index (χ1n) is 6.23. The van der Waals surface area contributed by atoms with Gasteiger partial charge < -0.3 is 9.47 Å². The van der Waals surface area contributed by atoms with Gasteiger partial charge in [-0.2, -0.15) is 0 Å². The van der Waals surface area contributed by atoms with Crippen LogP contribution in [0.5, 0.6) is 0 Å². The lowest BCUT2D eigenvalue weighted by atomic mass is 10.1. The highest BCUT2D eigenvalue weighted by atomic mass is 16.5. The maximum atomic E-state index is 10.8. The average molecular weight is 249 g/mol. The molecule has 0 unspecified atom stereocenters. The Kier molecular flexibility index (Phi) is 4.73. The fourth-order valence-corrected chi connectivity index (χ4v) is 2.14. The number of ether oxygens (including phenoxy) is 2. The summed E-state index contributed by atoms with van der Waals surface area (Å²) in [7, 11) is 1.68. The highest BCUT2D eigenvalue weighted by Crippen LogP contribution is 2.19. The molecule has 0 aromatic rings. The molecule has 0 aromatic heterocycles. The molecule has 0 bridgehead atoms. The zero-order valence-corrected chi connectivity index (χ0v) is 10.7. The van der Waals surface area contributed by atoms with E-state index in [4.69, 9.17) is 9.47 Å².